The average Bonchev–Trinajstić information content (AvgIpc) is 2.42. The second kappa shape index (κ2) is 6.11. The first-order valence-corrected chi connectivity index (χ1v) is 7.88. The van der Waals surface area contributed by atoms with Gasteiger partial charge in [-0.2, -0.15) is 0 Å². The number of benzene rings is 1. The zero-order chi connectivity index (χ0) is 14.6. The molecule has 20 heavy (non-hydrogen) atoms. The number of nitrogens with one attached hydrogen (secondary N) is 1. The number of aromatic nitrogens is 1. The molecule has 0 amide bonds. The third-order valence-corrected chi connectivity index (χ3v) is 4.08. The summed E-state index contributed by atoms with van der Waals surface area (Å²) in [7, 11) is -3.58. The molecule has 0 spiro atoms. The van der Waals surface area contributed by atoms with Crippen LogP contribution in [-0.2, 0) is 16.4 Å². The summed E-state index contributed by atoms with van der Waals surface area (Å²) in [6.07, 6.45) is 1.90. The summed E-state index contributed by atoms with van der Waals surface area (Å²) in [5.74, 6) is -0.300. The third-order valence-electron chi connectivity index (χ3n) is 2.58. The van der Waals surface area contributed by atoms with Gasteiger partial charge in [-0.1, -0.05) is 17.7 Å². The van der Waals surface area contributed by atoms with Gasteiger partial charge in [-0.3, -0.25) is 9.71 Å². The number of rotatable bonds is 5. The van der Waals surface area contributed by atoms with E-state index in [0.717, 1.165) is 0 Å². The Kier molecular flexibility index (Phi) is 4.46. The molecule has 106 valence electrons. The summed E-state index contributed by atoms with van der Waals surface area (Å²) >= 11 is 5.76. The van der Waals surface area contributed by atoms with Crippen molar-refractivity contribution in [3.8, 4) is 5.75 Å². The molecule has 0 fully saturated rings. The molecule has 5 nitrogen and oxygen atoms in total. The van der Waals surface area contributed by atoms with Gasteiger partial charge in [0.2, 0.25) is 10.0 Å². The molecule has 0 atom stereocenters. The highest BCUT2D eigenvalue weighted by Gasteiger charge is 2.13. The van der Waals surface area contributed by atoms with Crippen LogP contribution < -0.4 is 4.72 Å². The summed E-state index contributed by atoms with van der Waals surface area (Å²) in [4.78, 5) is 4.06. The van der Waals surface area contributed by atoms with Gasteiger partial charge in [0, 0.05) is 23.3 Å². The summed E-state index contributed by atoms with van der Waals surface area (Å²) in [5, 5.41) is 9.92. The molecular formula is C13H13ClN2O3S. The molecular weight excluding hydrogens is 300 g/mol. The zero-order valence-corrected chi connectivity index (χ0v) is 12.0. The van der Waals surface area contributed by atoms with E-state index in [1.807, 2.05) is 0 Å². The number of aromatic hydroxyl groups is 1. The van der Waals surface area contributed by atoms with Crippen molar-refractivity contribution in [2.75, 3.05) is 10.5 Å². The Bertz CT molecular complexity index is 690. The van der Waals surface area contributed by atoms with Crippen molar-refractivity contribution < 1.29 is 13.5 Å². The second-order valence-electron chi connectivity index (χ2n) is 4.15. The largest absolute Gasteiger partial charge is 0.506 e. The second-order valence-corrected chi connectivity index (χ2v) is 6.43. The molecule has 0 saturated carbocycles. The SMILES string of the molecule is O=S(=O)(CCc1ccccn1)Nc1cc(Cl)ccc1O. The van der Waals surface area contributed by atoms with Crippen LogP contribution in [0.15, 0.2) is 42.6 Å². The van der Waals surface area contributed by atoms with Crippen LogP contribution in [0.3, 0.4) is 0 Å². The zero-order valence-electron chi connectivity index (χ0n) is 10.5. The molecule has 0 bridgehead atoms. The van der Waals surface area contributed by atoms with E-state index < -0.39 is 10.0 Å². The van der Waals surface area contributed by atoms with Gasteiger partial charge in [0.1, 0.15) is 5.75 Å². The molecule has 1 aromatic heterocycles. The lowest BCUT2D eigenvalue weighted by molar-refractivity contribution is 0.477. The first-order chi connectivity index (χ1) is 9.46. The Hall–Kier alpha value is -1.79. The Balaban J connectivity index is 2.06. The van der Waals surface area contributed by atoms with Gasteiger partial charge in [-0.05, 0) is 30.3 Å². The minimum absolute atomic E-state index is 0.0681. The Morgan fingerprint density at radius 3 is 2.75 bits per heavy atom. The molecule has 2 aromatic rings. The lowest BCUT2D eigenvalue weighted by atomic mass is 10.3. The number of sulfonamides is 1. The number of hydrogen-bond donors (Lipinski definition) is 2. The van der Waals surface area contributed by atoms with Gasteiger partial charge in [-0.15, -0.1) is 0 Å². The topological polar surface area (TPSA) is 79.3 Å². The summed E-state index contributed by atoms with van der Waals surface area (Å²) in [6, 6.07) is 9.48. The van der Waals surface area contributed by atoms with Crippen molar-refractivity contribution in [2.45, 2.75) is 6.42 Å². The van der Waals surface area contributed by atoms with Gasteiger partial charge in [0.05, 0.1) is 11.4 Å². The lowest BCUT2D eigenvalue weighted by Crippen LogP contribution is -2.18. The minimum atomic E-state index is -3.58. The van der Waals surface area contributed by atoms with Gasteiger partial charge in [0.25, 0.3) is 0 Å². The Morgan fingerprint density at radius 2 is 2.05 bits per heavy atom. The third kappa shape index (κ3) is 4.11. The minimum Gasteiger partial charge on any atom is -0.506 e. The number of phenolic OH excluding ortho intramolecular Hbond substituents is 1. The van der Waals surface area contributed by atoms with E-state index in [1.165, 1.54) is 18.2 Å². The van der Waals surface area contributed by atoms with Gasteiger partial charge in [0.15, 0.2) is 0 Å². The normalized spacial score (nSPS) is 11.2. The van der Waals surface area contributed by atoms with Crippen LogP contribution in [0.1, 0.15) is 5.69 Å². The quantitative estimate of drug-likeness (QED) is 0.831. The van der Waals surface area contributed by atoms with Crippen LogP contribution in [0.2, 0.25) is 5.02 Å². The highest BCUT2D eigenvalue weighted by Crippen LogP contribution is 2.27. The predicted molar refractivity (Wildman–Crippen MR) is 78.5 cm³/mol. The maximum absolute atomic E-state index is 11.9. The molecule has 1 heterocycles. The highest BCUT2D eigenvalue weighted by molar-refractivity contribution is 7.92. The molecule has 0 aliphatic heterocycles. The summed E-state index contributed by atoms with van der Waals surface area (Å²) in [6.45, 7) is 0. The highest BCUT2D eigenvalue weighted by atomic mass is 35.5. The van der Waals surface area contributed by atoms with Crippen LogP contribution in [0.4, 0.5) is 5.69 Å². The van der Waals surface area contributed by atoms with E-state index in [2.05, 4.69) is 9.71 Å². The van der Waals surface area contributed by atoms with Gasteiger partial charge >= 0.3 is 0 Å². The number of halogens is 1. The number of phenols is 1. The number of anilines is 1. The molecule has 0 saturated heterocycles. The summed E-state index contributed by atoms with van der Waals surface area (Å²) < 4.78 is 26.2. The van der Waals surface area contributed by atoms with Crippen molar-refractivity contribution >= 4 is 27.3 Å². The van der Waals surface area contributed by atoms with E-state index in [4.69, 9.17) is 11.6 Å². The monoisotopic (exact) mass is 312 g/mol. The molecule has 1 aromatic carbocycles. The smallest absolute Gasteiger partial charge is 0.233 e. The van der Waals surface area contributed by atoms with E-state index in [0.29, 0.717) is 10.7 Å². The van der Waals surface area contributed by atoms with Crippen LogP contribution in [0, 0.1) is 0 Å². The van der Waals surface area contributed by atoms with Crippen molar-refractivity contribution in [3.63, 3.8) is 0 Å². The molecule has 7 heteroatoms. The van der Waals surface area contributed by atoms with E-state index >= 15 is 0 Å². The van der Waals surface area contributed by atoms with E-state index in [9.17, 15) is 13.5 Å². The predicted octanol–water partition coefficient (Wildman–Crippen LogP) is 2.43. The van der Waals surface area contributed by atoms with E-state index in [1.54, 1.807) is 24.4 Å². The Labute approximate surface area is 122 Å². The van der Waals surface area contributed by atoms with Crippen LogP contribution in [0.25, 0.3) is 0 Å². The number of pyridine rings is 1. The number of nitrogens with zero attached hydrogens (tertiary/aromatic N) is 1. The molecule has 2 N–H and O–H groups in total. The first kappa shape index (κ1) is 14.6. The maximum atomic E-state index is 11.9. The summed E-state index contributed by atoms with van der Waals surface area (Å²) in [5.41, 5.74) is 0.756. The lowest BCUT2D eigenvalue weighted by Gasteiger charge is -2.09. The molecule has 0 aliphatic carbocycles. The molecule has 0 unspecified atom stereocenters. The number of hydrogen-bond acceptors (Lipinski definition) is 4. The van der Waals surface area contributed by atoms with Crippen molar-refractivity contribution in [1.82, 2.24) is 4.98 Å². The molecule has 0 aliphatic rings. The number of aryl methyl sites for hydroxylation is 1. The fourth-order valence-corrected chi connectivity index (χ4v) is 2.84. The maximum Gasteiger partial charge on any atom is 0.233 e. The molecule has 2 rings (SSSR count). The van der Waals surface area contributed by atoms with Gasteiger partial charge < -0.3 is 5.11 Å². The van der Waals surface area contributed by atoms with Crippen molar-refractivity contribution in [2.24, 2.45) is 0 Å². The van der Waals surface area contributed by atoms with Crippen LogP contribution in [0.5, 0.6) is 5.75 Å². The van der Waals surface area contributed by atoms with Gasteiger partial charge in [-0.25, -0.2) is 8.42 Å². The average molecular weight is 313 g/mol. The van der Waals surface area contributed by atoms with E-state index in [-0.39, 0.29) is 23.6 Å². The Morgan fingerprint density at radius 1 is 1.25 bits per heavy atom. The fourth-order valence-electron chi connectivity index (χ4n) is 1.59. The molecule has 0 radical (unpaired) electrons. The first-order valence-electron chi connectivity index (χ1n) is 5.85. The van der Waals surface area contributed by atoms with Crippen LogP contribution in [-0.4, -0.2) is 24.3 Å². The fraction of sp³-hybridized carbons (Fsp3) is 0.154. The van der Waals surface area contributed by atoms with Crippen LogP contribution >= 0.6 is 11.6 Å². The van der Waals surface area contributed by atoms with Crippen molar-refractivity contribution in [3.05, 3.63) is 53.3 Å². The standard InChI is InChI=1S/C13H13ClN2O3S/c14-10-4-5-13(17)12(9-10)16-20(18,19)8-6-11-3-1-2-7-15-11/h1-5,7,9,16-17H,6,8H2. The van der Waals surface area contributed by atoms with Crippen molar-refractivity contribution in [1.29, 1.82) is 0 Å².